The second kappa shape index (κ2) is 8.64. The molecule has 0 aliphatic heterocycles. The summed E-state index contributed by atoms with van der Waals surface area (Å²) in [5, 5.41) is 18.8. The van der Waals surface area contributed by atoms with Crippen LogP contribution in [0.4, 0.5) is 10.8 Å². The zero-order chi connectivity index (χ0) is 18.2. The molecule has 130 valence electrons. The largest absolute Gasteiger partial charge is 0.391 e. The maximum Gasteiger partial charge on any atom is 0.269 e. The third-order valence-corrected chi connectivity index (χ3v) is 3.73. The number of hydrogen-bond donors (Lipinski definition) is 1. The molecule has 0 aliphatic rings. The molecule has 0 fully saturated rings. The van der Waals surface area contributed by atoms with Crippen molar-refractivity contribution in [3.05, 3.63) is 51.5 Å². The molecule has 1 aromatic carbocycles. The number of aromatic nitrogens is 1. The van der Waals surface area contributed by atoms with Crippen molar-refractivity contribution in [1.29, 1.82) is 0 Å². The van der Waals surface area contributed by atoms with Crippen LogP contribution in [0.5, 0.6) is 0 Å². The summed E-state index contributed by atoms with van der Waals surface area (Å²) in [6, 6.07) is 5.76. The molecule has 0 saturated heterocycles. The monoisotopic (exact) mass is 362 g/mol. The maximum atomic E-state index is 12.0. The van der Waals surface area contributed by atoms with E-state index in [1.165, 1.54) is 48.7 Å². The van der Waals surface area contributed by atoms with E-state index in [4.69, 9.17) is 4.84 Å². The molecule has 1 heterocycles. The van der Waals surface area contributed by atoms with Crippen LogP contribution in [0.15, 0.2) is 41.0 Å². The van der Waals surface area contributed by atoms with Gasteiger partial charge in [-0.3, -0.25) is 19.7 Å². The first-order valence-corrected chi connectivity index (χ1v) is 7.95. The van der Waals surface area contributed by atoms with Crippen molar-refractivity contribution in [2.45, 2.75) is 13.5 Å². The minimum Gasteiger partial charge on any atom is -0.391 e. The molecule has 2 rings (SSSR count). The lowest BCUT2D eigenvalue weighted by molar-refractivity contribution is -0.384. The third-order valence-electron chi connectivity index (χ3n) is 3.05. The predicted molar refractivity (Wildman–Crippen MR) is 91.3 cm³/mol. The van der Waals surface area contributed by atoms with Crippen LogP contribution >= 0.6 is 11.3 Å². The van der Waals surface area contributed by atoms with Gasteiger partial charge in [0.1, 0.15) is 18.3 Å². The van der Waals surface area contributed by atoms with Crippen molar-refractivity contribution in [2.75, 3.05) is 5.32 Å². The number of thiazole rings is 1. The van der Waals surface area contributed by atoms with E-state index in [2.05, 4.69) is 15.5 Å². The fourth-order valence-electron chi connectivity index (χ4n) is 1.76. The van der Waals surface area contributed by atoms with Crippen LogP contribution in [0, 0.1) is 16.0 Å². The van der Waals surface area contributed by atoms with Crippen molar-refractivity contribution >= 4 is 40.1 Å². The molecule has 0 aliphatic carbocycles. The van der Waals surface area contributed by atoms with E-state index in [1.54, 1.807) is 5.38 Å². The highest BCUT2D eigenvalue weighted by Gasteiger charge is 2.22. The topological polar surface area (TPSA) is 124 Å². The number of hydrogen-bond acceptors (Lipinski definition) is 8. The summed E-state index contributed by atoms with van der Waals surface area (Å²) in [7, 11) is 0. The zero-order valence-corrected chi connectivity index (χ0v) is 13.9. The number of nitrogens with zero attached hydrogens (tertiary/aromatic N) is 3. The van der Waals surface area contributed by atoms with Crippen LogP contribution in [0.25, 0.3) is 0 Å². The Bertz CT molecular complexity index is 774. The van der Waals surface area contributed by atoms with Gasteiger partial charge in [0, 0.05) is 23.7 Å². The van der Waals surface area contributed by atoms with E-state index in [0.717, 1.165) is 6.21 Å². The van der Waals surface area contributed by atoms with Gasteiger partial charge in [-0.15, -0.1) is 11.3 Å². The Labute approximate surface area is 146 Å². The van der Waals surface area contributed by atoms with Gasteiger partial charge in [0.2, 0.25) is 5.91 Å². The number of rotatable bonds is 8. The summed E-state index contributed by atoms with van der Waals surface area (Å²) in [6.45, 7) is 1.32. The van der Waals surface area contributed by atoms with Gasteiger partial charge in [-0.2, -0.15) is 0 Å². The lowest BCUT2D eigenvalue weighted by atomic mass is 10.1. The summed E-state index contributed by atoms with van der Waals surface area (Å²) in [5.41, 5.74) is 0.636. The van der Waals surface area contributed by atoms with Gasteiger partial charge in [-0.05, 0) is 24.6 Å². The first-order valence-electron chi connectivity index (χ1n) is 7.07. The van der Waals surface area contributed by atoms with E-state index in [1.807, 2.05) is 0 Å². The van der Waals surface area contributed by atoms with Crippen molar-refractivity contribution in [3.63, 3.8) is 0 Å². The molecule has 0 saturated carbocycles. The molecule has 1 N–H and O–H groups in total. The number of nitro benzene ring substituents is 1. The smallest absolute Gasteiger partial charge is 0.269 e. The average molecular weight is 362 g/mol. The molecule has 0 spiro atoms. The molecular formula is C15H14N4O5S. The molecule has 10 heteroatoms. The third kappa shape index (κ3) is 5.46. The first kappa shape index (κ1) is 18.2. The van der Waals surface area contributed by atoms with E-state index in [-0.39, 0.29) is 12.3 Å². The molecule has 1 atom stereocenters. The van der Waals surface area contributed by atoms with Crippen molar-refractivity contribution in [2.24, 2.45) is 11.1 Å². The highest BCUT2D eigenvalue weighted by Crippen LogP contribution is 2.13. The number of carbonyl (C=O) groups excluding carboxylic acids is 2. The Kier molecular flexibility index (Phi) is 6.29. The zero-order valence-electron chi connectivity index (χ0n) is 13.1. The number of nitro groups is 1. The Morgan fingerprint density at radius 1 is 1.44 bits per heavy atom. The Morgan fingerprint density at radius 3 is 2.72 bits per heavy atom. The minimum absolute atomic E-state index is 0.0252. The van der Waals surface area contributed by atoms with Crippen molar-refractivity contribution in [1.82, 2.24) is 4.98 Å². The summed E-state index contributed by atoms with van der Waals surface area (Å²) in [5.74, 6) is -2.04. The Morgan fingerprint density at radius 2 is 2.16 bits per heavy atom. The molecule has 0 radical (unpaired) electrons. The second-order valence-electron chi connectivity index (χ2n) is 4.87. The van der Waals surface area contributed by atoms with E-state index < -0.39 is 22.5 Å². The van der Waals surface area contributed by atoms with Crippen molar-refractivity contribution in [3.8, 4) is 0 Å². The highest BCUT2D eigenvalue weighted by atomic mass is 32.1. The molecule has 1 aromatic heterocycles. The number of amides is 1. The minimum atomic E-state index is -1.10. The molecule has 9 nitrogen and oxygen atoms in total. The van der Waals surface area contributed by atoms with Crippen LogP contribution in [0.2, 0.25) is 0 Å². The van der Waals surface area contributed by atoms with Crippen LogP contribution < -0.4 is 5.32 Å². The van der Waals surface area contributed by atoms with E-state index >= 15 is 0 Å². The molecule has 0 bridgehead atoms. The van der Waals surface area contributed by atoms with Gasteiger partial charge in [0.25, 0.3) is 5.69 Å². The summed E-state index contributed by atoms with van der Waals surface area (Å²) in [4.78, 5) is 42.6. The number of anilines is 1. The molecular weight excluding hydrogens is 348 g/mol. The molecule has 1 amide bonds. The fraction of sp³-hybridized carbons (Fsp3) is 0.200. The van der Waals surface area contributed by atoms with Crippen LogP contribution in [-0.2, 0) is 21.0 Å². The quantitative estimate of drug-likeness (QED) is 0.333. The molecule has 0 unspecified atom stereocenters. The van der Waals surface area contributed by atoms with E-state index in [0.29, 0.717) is 10.7 Å². The number of non-ortho nitro benzene ring substituents is 1. The number of carbonyl (C=O) groups is 2. The van der Waals surface area contributed by atoms with Crippen LogP contribution in [0.1, 0.15) is 12.5 Å². The average Bonchev–Trinajstić information content (AvgIpc) is 3.07. The van der Waals surface area contributed by atoms with Crippen molar-refractivity contribution < 1.29 is 19.3 Å². The van der Waals surface area contributed by atoms with Gasteiger partial charge in [-0.25, -0.2) is 4.98 Å². The summed E-state index contributed by atoms with van der Waals surface area (Å²) >= 11 is 1.23. The number of nitrogens with one attached hydrogen (secondary N) is 1. The van der Waals surface area contributed by atoms with Gasteiger partial charge in [-0.1, -0.05) is 5.16 Å². The van der Waals surface area contributed by atoms with Crippen LogP contribution in [0.3, 0.4) is 0 Å². The number of benzene rings is 1. The number of oxime groups is 1. The summed E-state index contributed by atoms with van der Waals surface area (Å²) < 4.78 is 0. The SMILES string of the molecule is CC(=O)[C@H](/C=N\OCc1ccc([N+](=O)[O-])cc1)C(=O)Nc1nccs1. The predicted octanol–water partition coefficient (Wildman–Crippen LogP) is 2.40. The van der Waals surface area contributed by atoms with E-state index in [9.17, 15) is 19.7 Å². The highest BCUT2D eigenvalue weighted by molar-refractivity contribution is 7.13. The van der Waals surface area contributed by atoms with Crippen LogP contribution in [-0.4, -0.2) is 27.8 Å². The van der Waals surface area contributed by atoms with Gasteiger partial charge in [0.05, 0.1) is 11.1 Å². The van der Waals surface area contributed by atoms with Gasteiger partial charge in [0.15, 0.2) is 5.13 Å². The second-order valence-corrected chi connectivity index (χ2v) is 5.76. The Hall–Kier alpha value is -3.14. The summed E-state index contributed by atoms with van der Waals surface area (Å²) in [6.07, 6.45) is 2.64. The standard InChI is InChI=1S/C15H14N4O5S/c1-10(20)13(14(21)18-15-16-6-7-25-15)8-17-24-9-11-2-4-12(5-3-11)19(22)23/h2-8,13H,9H2,1H3,(H,16,18,21)/b17-8-/t13-/m0/s1. The fourth-order valence-corrected chi connectivity index (χ4v) is 2.29. The normalized spacial score (nSPS) is 11.9. The molecule has 25 heavy (non-hydrogen) atoms. The first-order chi connectivity index (χ1) is 12.0. The Balaban J connectivity index is 1.89. The van der Waals surface area contributed by atoms with Gasteiger partial charge < -0.3 is 10.2 Å². The lowest BCUT2D eigenvalue weighted by Crippen LogP contribution is -2.29. The number of Topliss-reactive ketones (excluding diaryl/α,β-unsaturated/α-hetero) is 1. The van der Waals surface area contributed by atoms with Gasteiger partial charge >= 0.3 is 0 Å². The molecule has 2 aromatic rings. The number of ketones is 1. The maximum absolute atomic E-state index is 12.0. The lowest BCUT2D eigenvalue weighted by Gasteiger charge is -2.07.